The summed E-state index contributed by atoms with van der Waals surface area (Å²) in [5.74, 6) is -2.28. The molecule has 0 radical (unpaired) electrons. The van der Waals surface area contributed by atoms with E-state index in [2.05, 4.69) is 15.7 Å². The fraction of sp³-hybridized carbons (Fsp3) is 0.350. The first-order valence-corrected chi connectivity index (χ1v) is 9.58. The molecule has 2 aromatic rings. The van der Waals surface area contributed by atoms with Crippen LogP contribution in [0.5, 0.6) is 0 Å². The lowest BCUT2D eigenvalue weighted by Gasteiger charge is -2.19. The minimum absolute atomic E-state index is 0.00904. The highest BCUT2D eigenvalue weighted by molar-refractivity contribution is 5.97. The number of alkyl halides is 3. The summed E-state index contributed by atoms with van der Waals surface area (Å²) in [6, 6.07) is 9.89. The van der Waals surface area contributed by atoms with Crippen molar-refractivity contribution in [2.45, 2.75) is 25.2 Å². The average Bonchev–Trinajstić information content (AvgIpc) is 3.38. The van der Waals surface area contributed by atoms with Gasteiger partial charge in [-0.05, 0) is 18.6 Å². The molecular weight excluding hydrogens is 429 g/mol. The molecule has 168 valence electrons. The quantitative estimate of drug-likeness (QED) is 0.695. The second-order valence-electron chi connectivity index (χ2n) is 7.20. The minimum Gasteiger partial charge on any atom is -0.343 e. The molecule has 0 bridgehead atoms. The third-order valence-electron chi connectivity index (χ3n) is 4.82. The highest BCUT2D eigenvalue weighted by Crippen LogP contribution is 2.24. The smallest absolute Gasteiger partial charge is 0.343 e. The van der Waals surface area contributed by atoms with Crippen molar-refractivity contribution >= 4 is 23.4 Å². The van der Waals surface area contributed by atoms with Crippen LogP contribution in [0.1, 0.15) is 16.8 Å². The summed E-state index contributed by atoms with van der Waals surface area (Å²) in [5.41, 5.74) is 0.453. The molecule has 2 atom stereocenters. The Bertz CT molecular complexity index is 1030. The van der Waals surface area contributed by atoms with Crippen molar-refractivity contribution in [2.24, 2.45) is 5.92 Å². The van der Waals surface area contributed by atoms with Gasteiger partial charge < -0.3 is 15.5 Å². The fourth-order valence-corrected chi connectivity index (χ4v) is 3.30. The minimum atomic E-state index is -4.48. The number of aromatic nitrogens is 2. The number of anilines is 1. The lowest BCUT2D eigenvalue weighted by molar-refractivity contribution is -0.142. The SMILES string of the molecule is N#CC1CC(C(=O)Nc2ccccc2)CN1C(=O)CNC(=O)c1cnn(CC(F)(F)F)c1. The summed E-state index contributed by atoms with van der Waals surface area (Å²) < 4.78 is 37.7. The fourth-order valence-electron chi connectivity index (χ4n) is 3.30. The molecule has 1 aliphatic rings. The molecule has 0 spiro atoms. The van der Waals surface area contributed by atoms with Crippen molar-refractivity contribution in [3.05, 3.63) is 48.3 Å². The summed E-state index contributed by atoms with van der Waals surface area (Å²) in [4.78, 5) is 38.3. The number of hydrogen-bond acceptors (Lipinski definition) is 5. The summed E-state index contributed by atoms with van der Waals surface area (Å²) in [5, 5.41) is 17.9. The summed E-state index contributed by atoms with van der Waals surface area (Å²) in [7, 11) is 0. The van der Waals surface area contributed by atoms with E-state index in [1.807, 2.05) is 6.07 Å². The standard InChI is InChI=1S/C20H19F3N6O3/c21-20(22,23)12-28-10-14(8-26-28)18(31)25-9-17(30)29-11-13(6-16(29)7-24)19(32)27-15-4-2-1-3-5-15/h1-5,8,10,13,16H,6,9,11-12H2,(H,25,31)(H,27,32). The molecule has 9 nitrogen and oxygen atoms in total. The molecule has 2 N–H and O–H groups in total. The van der Waals surface area contributed by atoms with Gasteiger partial charge in [-0.15, -0.1) is 0 Å². The van der Waals surface area contributed by atoms with Crippen molar-refractivity contribution in [1.82, 2.24) is 20.0 Å². The van der Waals surface area contributed by atoms with Crippen LogP contribution in [0.4, 0.5) is 18.9 Å². The number of nitrogens with one attached hydrogen (secondary N) is 2. The van der Waals surface area contributed by atoms with E-state index in [4.69, 9.17) is 0 Å². The maximum atomic E-state index is 12.5. The molecule has 12 heteroatoms. The largest absolute Gasteiger partial charge is 0.408 e. The Morgan fingerprint density at radius 1 is 1.22 bits per heavy atom. The number of hydrogen-bond donors (Lipinski definition) is 2. The van der Waals surface area contributed by atoms with E-state index >= 15 is 0 Å². The molecular formula is C20H19F3N6O3. The number of likely N-dealkylation sites (tertiary alicyclic amines) is 1. The molecule has 0 aliphatic carbocycles. The second kappa shape index (κ2) is 9.51. The number of para-hydroxylation sites is 1. The van der Waals surface area contributed by atoms with Crippen LogP contribution in [0.3, 0.4) is 0 Å². The zero-order valence-electron chi connectivity index (χ0n) is 16.7. The Morgan fingerprint density at radius 3 is 2.59 bits per heavy atom. The number of amides is 3. The van der Waals surface area contributed by atoms with Crippen molar-refractivity contribution in [3.8, 4) is 6.07 Å². The van der Waals surface area contributed by atoms with E-state index in [0.29, 0.717) is 10.4 Å². The van der Waals surface area contributed by atoms with E-state index in [9.17, 15) is 32.8 Å². The Balaban J connectivity index is 1.54. The first-order chi connectivity index (χ1) is 15.2. The van der Waals surface area contributed by atoms with Gasteiger partial charge in [-0.3, -0.25) is 19.1 Å². The lowest BCUT2D eigenvalue weighted by Crippen LogP contribution is -2.42. The van der Waals surface area contributed by atoms with Gasteiger partial charge in [0, 0.05) is 18.4 Å². The van der Waals surface area contributed by atoms with Crippen LogP contribution in [0.15, 0.2) is 42.7 Å². The van der Waals surface area contributed by atoms with Crippen LogP contribution in [0.25, 0.3) is 0 Å². The number of carbonyl (C=O) groups is 3. The Morgan fingerprint density at radius 2 is 1.94 bits per heavy atom. The van der Waals surface area contributed by atoms with E-state index < -0.39 is 43.0 Å². The lowest BCUT2D eigenvalue weighted by atomic mass is 10.1. The van der Waals surface area contributed by atoms with Crippen molar-refractivity contribution in [2.75, 3.05) is 18.4 Å². The molecule has 1 aliphatic heterocycles. The zero-order valence-corrected chi connectivity index (χ0v) is 16.7. The van der Waals surface area contributed by atoms with Gasteiger partial charge in [0.25, 0.3) is 5.91 Å². The summed E-state index contributed by atoms with van der Waals surface area (Å²) in [6.45, 7) is -1.81. The van der Waals surface area contributed by atoms with Crippen molar-refractivity contribution in [3.63, 3.8) is 0 Å². The van der Waals surface area contributed by atoms with Gasteiger partial charge in [-0.2, -0.15) is 23.5 Å². The van der Waals surface area contributed by atoms with Crippen molar-refractivity contribution < 1.29 is 27.6 Å². The third kappa shape index (κ3) is 5.84. The number of benzene rings is 1. The van der Waals surface area contributed by atoms with E-state index in [0.717, 1.165) is 12.4 Å². The normalized spacial score (nSPS) is 18.1. The maximum absolute atomic E-state index is 12.5. The van der Waals surface area contributed by atoms with Gasteiger partial charge in [0.15, 0.2) is 0 Å². The van der Waals surface area contributed by atoms with Gasteiger partial charge in [0.1, 0.15) is 12.6 Å². The van der Waals surface area contributed by atoms with Crippen LogP contribution in [-0.2, 0) is 16.1 Å². The van der Waals surface area contributed by atoms with Gasteiger partial charge in [0.2, 0.25) is 11.8 Å². The Hall–Kier alpha value is -3.88. The first kappa shape index (κ1) is 22.8. The van der Waals surface area contributed by atoms with E-state index in [1.54, 1.807) is 30.3 Å². The molecule has 2 heterocycles. The van der Waals surface area contributed by atoms with Crippen LogP contribution < -0.4 is 10.6 Å². The molecule has 32 heavy (non-hydrogen) atoms. The van der Waals surface area contributed by atoms with E-state index in [1.165, 1.54) is 4.90 Å². The van der Waals surface area contributed by atoms with Crippen molar-refractivity contribution in [1.29, 1.82) is 5.26 Å². The van der Waals surface area contributed by atoms with Crippen LogP contribution in [-0.4, -0.2) is 57.7 Å². The second-order valence-corrected chi connectivity index (χ2v) is 7.20. The highest BCUT2D eigenvalue weighted by Gasteiger charge is 2.38. The number of carbonyl (C=O) groups excluding carboxylic acids is 3. The number of halogens is 3. The monoisotopic (exact) mass is 448 g/mol. The Labute approximate surface area is 180 Å². The van der Waals surface area contributed by atoms with Gasteiger partial charge in [-0.1, -0.05) is 18.2 Å². The third-order valence-corrected chi connectivity index (χ3v) is 4.82. The zero-order chi connectivity index (χ0) is 23.3. The number of nitriles is 1. The molecule has 3 amide bonds. The molecule has 1 saturated heterocycles. The number of rotatable bonds is 6. The van der Waals surface area contributed by atoms with Crippen LogP contribution in [0, 0.1) is 17.2 Å². The predicted molar refractivity (Wildman–Crippen MR) is 105 cm³/mol. The van der Waals surface area contributed by atoms with Gasteiger partial charge in [-0.25, -0.2) is 0 Å². The Kier molecular flexibility index (Phi) is 6.77. The molecule has 2 unspecified atom stereocenters. The number of nitrogens with zero attached hydrogens (tertiary/aromatic N) is 4. The van der Waals surface area contributed by atoms with Gasteiger partial charge in [0.05, 0.1) is 30.3 Å². The first-order valence-electron chi connectivity index (χ1n) is 9.58. The molecule has 0 saturated carbocycles. The maximum Gasteiger partial charge on any atom is 0.408 e. The van der Waals surface area contributed by atoms with Gasteiger partial charge >= 0.3 is 6.18 Å². The summed E-state index contributed by atoms with van der Waals surface area (Å²) in [6.07, 6.45) is -2.45. The molecule has 1 fully saturated rings. The molecule has 3 rings (SSSR count). The molecule has 1 aromatic heterocycles. The molecule has 1 aromatic carbocycles. The predicted octanol–water partition coefficient (Wildman–Crippen LogP) is 1.55. The summed E-state index contributed by atoms with van der Waals surface area (Å²) >= 11 is 0. The average molecular weight is 448 g/mol. The topological polar surface area (TPSA) is 120 Å². The van der Waals surface area contributed by atoms with Crippen LogP contribution in [0.2, 0.25) is 0 Å². The van der Waals surface area contributed by atoms with Crippen LogP contribution >= 0.6 is 0 Å². The highest BCUT2D eigenvalue weighted by atomic mass is 19.4. The van der Waals surface area contributed by atoms with E-state index in [-0.39, 0.29) is 24.4 Å².